The third-order valence-corrected chi connectivity index (χ3v) is 5.63. The molecule has 0 bridgehead atoms. The second-order valence-corrected chi connectivity index (χ2v) is 8.48. The molecule has 0 saturated heterocycles. The summed E-state index contributed by atoms with van der Waals surface area (Å²) in [4.78, 5) is 13.0. The maximum atomic E-state index is 14.7. The number of carboxylic acids is 1. The van der Waals surface area contributed by atoms with Gasteiger partial charge in [0.2, 0.25) is 0 Å². The van der Waals surface area contributed by atoms with E-state index in [0.717, 1.165) is 40.1 Å². The number of halogens is 1. The second-order valence-electron chi connectivity index (χ2n) is 8.48. The molecule has 3 aromatic rings. The highest BCUT2D eigenvalue weighted by Gasteiger charge is 2.35. The fraction of sp³-hybridized carbons (Fsp3) is 0.333. The lowest BCUT2D eigenvalue weighted by Gasteiger charge is -2.40. The molecule has 1 aliphatic rings. The summed E-state index contributed by atoms with van der Waals surface area (Å²) in [6, 6.07) is 9.52. The minimum atomic E-state index is -1.35. The number of benzene rings is 2. The van der Waals surface area contributed by atoms with Crippen molar-refractivity contribution in [2.45, 2.75) is 32.0 Å². The van der Waals surface area contributed by atoms with Gasteiger partial charge in [-0.25, -0.2) is 9.18 Å². The number of carboxylic acid groups (broad SMARTS) is 1. The number of rotatable bonds is 6. The maximum Gasteiger partial charge on any atom is 0.328 e. The average Bonchev–Trinajstić information content (AvgIpc) is 3.20. The van der Waals surface area contributed by atoms with E-state index in [9.17, 15) is 9.18 Å². The van der Waals surface area contributed by atoms with E-state index in [-0.39, 0.29) is 12.6 Å². The Morgan fingerprint density at radius 1 is 1.35 bits per heavy atom. The summed E-state index contributed by atoms with van der Waals surface area (Å²) >= 11 is 0. The number of nitrogens with zero attached hydrogens (tertiary/aromatic N) is 2. The first-order valence-electron chi connectivity index (χ1n) is 10.2. The second kappa shape index (κ2) is 8.15. The van der Waals surface area contributed by atoms with E-state index >= 15 is 0 Å². The van der Waals surface area contributed by atoms with E-state index in [2.05, 4.69) is 21.2 Å². The molecule has 2 aromatic carbocycles. The van der Waals surface area contributed by atoms with E-state index in [1.807, 2.05) is 30.5 Å². The van der Waals surface area contributed by atoms with Gasteiger partial charge in [0.05, 0.1) is 24.9 Å². The summed E-state index contributed by atoms with van der Waals surface area (Å²) in [6.07, 6.45) is 5.27. The van der Waals surface area contributed by atoms with Gasteiger partial charge in [-0.3, -0.25) is 10.00 Å². The first-order valence-corrected chi connectivity index (χ1v) is 10.2. The average molecular weight is 423 g/mol. The number of methoxy groups -OCH3 is 1. The van der Waals surface area contributed by atoms with Gasteiger partial charge in [-0.05, 0) is 55.2 Å². The topological polar surface area (TPSA) is 78.5 Å². The smallest absolute Gasteiger partial charge is 0.328 e. The van der Waals surface area contributed by atoms with Crippen LogP contribution in [0.15, 0.2) is 42.6 Å². The molecule has 31 heavy (non-hydrogen) atoms. The molecule has 162 valence electrons. The zero-order valence-corrected chi connectivity index (χ0v) is 17.9. The Hall–Kier alpha value is -3.19. The SMILES string of the molecule is COc1cc(/C=C/C(=O)O)ccc1C1c2ccc3[nH]ncc3c2CCN1CC(C)(C)F. The standard InChI is InChI=1S/C24H26FN3O3/c1-24(2,25)14-28-11-10-16-17(7-8-20-19(16)13-26-27-20)23(28)18-6-4-15(5-9-22(29)30)12-21(18)31-3/h4-9,12-13,23H,10-11,14H2,1-3H3,(H,26,27)(H,29,30)/b9-5+. The number of aliphatic carboxylic acids is 1. The van der Waals surface area contributed by atoms with Crippen LogP contribution < -0.4 is 4.74 Å². The molecule has 0 fully saturated rings. The number of H-pyrrole nitrogens is 1. The van der Waals surface area contributed by atoms with Crippen molar-refractivity contribution < 1.29 is 19.0 Å². The fourth-order valence-electron chi connectivity index (χ4n) is 4.45. The van der Waals surface area contributed by atoms with Crippen LogP contribution in [0.1, 0.15) is 42.1 Å². The Kier molecular flexibility index (Phi) is 5.54. The van der Waals surface area contributed by atoms with Gasteiger partial charge in [0.15, 0.2) is 0 Å². The number of ether oxygens (including phenoxy) is 1. The molecule has 1 unspecified atom stereocenters. The van der Waals surface area contributed by atoms with Crippen LogP contribution in [-0.4, -0.2) is 52.0 Å². The Labute approximate surface area is 180 Å². The molecule has 2 heterocycles. The number of hydrogen-bond acceptors (Lipinski definition) is 4. The Morgan fingerprint density at radius 3 is 2.84 bits per heavy atom. The van der Waals surface area contributed by atoms with E-state index in [1.165, 1.54) is 11.6 Å². The molecular formula is C24H26FN3O3. The molecule has 0 saturated carbocycles. The first-order chi connectivity index (χ1) is 14.8. The highest BCUT2D eigenvalue weighted by Crippen LogP contribution is 2.42. The molecule has 4 rings (SSSR count). The monoisotopic (exact) mass is 423 g/mol. The molecule has 1 aromatic heterocycles. The number of aromatic amines is 1. The molecule has 0 amide bonds. The summed E-state index contributed by atoms with van der Waals surface area (Å²) in [5.74, 6) is -0.371. The number of fused-ring (bicyclic) bond motifs is 3. The van der Waals surface area contributed by atoms with Crippen LogP contribution in [0, 0.1) is 0 Å². The van der Waals surface area contributed by atoms with Crippen molar-refractivity contribution in [3.05, 3.63) is 64.9 Å². The van der Waals surface area contributed by atoms with Crippen molar-refractivity contribution in [3.63, 3.8) is 0 Å². The van der Waals surface area contributed by atoms with Crippen LogP contribution in [0.5, 0.6) is 5.75 Å². The zero-order chi connectivity index (χ0) is 22.2. The Balaban J connectivity index is 1.85. The minimum Gasteiger partial charge on any atom is -0.496 e. The quantitative estimate of drug-likeness (QED) is 0.576. The predicted octanol–water partition coefficient (Wildman–Crippen LogP) is 4.36. The van der Waals surface area contributed by atoms with E-state index in [1.54, 1.807) is 21.0 Å². The summed E-state index contributed by atoms with van der Waals surface area (Å²) in [7, 11) is 1.59. The predicted molar refractivity (Wildman–Crippen MR) is 118 cm³/mol. The maximum absolute atomic E-state index is 14.7. The van der Waals surface area contributed by atoms with Gasteiger partial charge in [0.1, 0.15) is 11.4 Å². The molecule has 2 N–H and O–H groups in total. The Bertz CT molecular complexity index is 1150. The number of alkyl halides is 1. The van der Waals surface area contributed by atoms with Crippen molar-refractivity contribution >= 4 is 22.9 Å². The van der Waals surface area contributed by atoms with Crippen LogP contribution in [-0.2, 0) is 11.2 Å². The molecule has 0 radical (unpaired) electrons. The lowest BCUT2D eigenvalue weighted by Crippen LogP contribution is -2.43. The van der Waals surface area contributed by atoms with E-state index in [4.69, 9.17) is 9.84 Å². The van der Waals surface area contributed by atoms with E-state index in [0.29, 0.717) is 12.3 Å². The van der Waals surface area contributed by atoms with Crippen LogP contribution in [0.3, 0.4) is 0 Å². The molecule has 0 spiro atoms. The number of hydrogen-bond donors (Lipinski definition) is 2. The first kappa shape index (κ1) is 21.1. The van der Waals surface area contributed by atoms with Gasteiger partial charge in [-0.1, -0.05) is 18.2 Å². The third kappa shape index (κ3) is 4.32. The van der Waals surface area contributed by atoms with Gasteiger partial charge >= 0.3 is 5.97 Å². The summed E-state index contributed by atoms with van der Waals surface area (Å²) in [6.45, 7) is 4.18. The summed E-state index contributed by atoms with van der Waals surface area (Å²) in [5.41, 5.74) is 3.59. The molecule has 1 aliphatic heterocycles. The van der Waals surface area contributed by atoms with Crippen LogP contribution in [0.2, 0.25) is 0 Å². The van der Waals surface area contributed by atoms with Crippen molar-refractivity contribution in [1.29, 1.82) is 0 Å². The summed E-state index contributed by atoms with van der Waals surface area (Å²) < 4.78 is 20.4. The third-order valence-electron chi connectivity index (χ3n) is 5.63. The van der Waals surface area contributed by atoms with E-state index < -0.39 is 11.6 Å². The fourth-order valence-corrected chi connectivity index (χ4v) is 4.45. The highest BCUT2D eigenvalue weighted by molar-refractivity contribution is 5.85. The van der Waals surface area contributed by atoms with Gasteiger partial charge in [0, 0.05) is 30.1 Å². The lowest BCUT2D eigenvalue weighted by molar-refractivity contribution is -0.131. The van der Waals surface area contributed by atoms with Gasteiger partial charge in [-0.2, -0.15) is 5.10 Å². The van der Waals surface area contributed by atoms with Crippen LogP contribution >= 0.6 is 0 Å². The number of aromatic nitrogens is 2. The van der Waals surface area contributed by atoms with Gasteiger partial charge in [-0.15, -0.1) is 0 Å². The zero-order valence-electron chi connectivity index (χ0n) is 17.9. The molecule has 7 heteroatoms. The normalized spacial score (nSPS) is 17.2. The number of carbonyl (C=O) groups is 1. The highest BCUT2D eigenvalue weighted by atomic mass is 19.1. The largest absolute Gasteiger partial charge is 0.496 e. The minimum absolute atomic E-state index is 0.189. The number of nitrogens with one attached hydrogen (secondary N) is 1. The van der Waals surface area contributed by atoms with Crippen molar-refractivity contribution in [1.82, 2.24) is 15.1 Å². The molecule has 1 atom stereocenters. The molecule has 6 nitrogen and oxygen atoms in total. The van der Waals surface area contributed by atoms with Gasteiger partial charge in [0.25, 0.3) is 0 Å². The van der Waals surface area contributed by atoms with Crippen molar-refractivity contribution in [3.8, 4) is 5.75 Å². The summed E-state index contributed by atoms with van der Waals surface area (Å²) in [5, 5.41) is 17.2. The van der Waals surface area contributed by atoms with Gasteiger partial charge < -0.3 is 9.84 Å². The lowest BCUT2D eigenvalue weighted by atomic mass is 9.85. The van der Waals surface area contributed by atoms with Crippen molar-refractivity contribution in [2.75, 3.05) is 20.2 Å². The Morgan fingerprint density at radius 2 is 2.13 bits per heavy atom. The molecule has 0 aliphatic carbocycles. The van der Waals surface area contributed by atoms with Crippen LogP contribution in [0.25, 0.3) is 17.0 Å². The molecular weight excluding hydrogens is 397 g/mol. The van der Waals surface area contributed by atoms with Crippen molar-refractivity contribution in [2.24, 2.45) is 0 Å². The van der Waals surface area contributed by atoms with Crippen LogP contribution in [0.4, 0.5) is 4.39 Å².